The fourth-order valence-corrected chi connectivity index (χ4v) is 2.56. The summed E-state index contributed by atoms with van der Waals surface area (Å²) in [6, 6.07) is 4.94. The largest absolute Gasteiger partial charge is 0.314 e. The van der Waals surface area contributed by atoms with E-state index in [2.05, 4.69) is 55.5 Å². The number of likely N-dealkylation sites (N-methyl/N-ethyl adjacent to an activating group) is 2. The van der Waals surface area contributed by atoms with E-state index < -0.39 is 0 Å². The summed E-state index contributed by atoms with van der Waals surface area (Å²) in [6.07, 6.45) is 1.15. The first kappa shape index (κ1) is 13.7. The van der Waals surface area contributed by atoms with Gasteiger partial charge in [0, 0.05) is 23.0 Å². The standard InChI is InChI=1S/C13H24N2S/c1-11(9-12-7-6-8-16-12)15(5)10-13(2,3)14-4/h6-8,11,14H,9-10H2,1-5H3. The predicted molar refractivity (Wildman–Crippen MR) is 73.3 cm³/mol. The van der Waals surface area contributed by atoms with Gasteiger partial charge >= 0.3 is 0 Å². The van der Waals surface area contributed by atoms with Crippen LogP contribution in [0.5, 0.6) is 0 Å². The van der Waals surface area contributed by atoms with Crippen LogP contribution in [0.4, 0.5) is 0 Å². The summed E-state index contributed by atoms with van der Waals surface area (Å²) in [7, 11) is 4.23. The molecule has 0 saturated carbocycles. The van der Waals surface area contributed by atoms with Crippen LogP contribution in [-0.4, -0.2) is 37.1 Å². The fourth-order valence-electron chi connectivity index (χ4n) is 1.73. The summed E-state index contributed by atoms with van der Waals surface area (Å²) in [5, 5.41) is 5.50. The molecule has 0 bridgehead atoms. The van der Waals surface area contributed by atoms with Crippen molar-refractivity contribution in [3.8, 4) is 0 Å². The van der Waals surface area contributed by atoms with E-state index in [1.807, 2.05) is 18.4 Å². The van der Waals surface area contributed by atoms with E-state index in [1.165, 1.54) is 4.88 Å². The van der Waals surface area contributed by atoms with Gasteiger partial charge in [-0.25, -0.2) is 0 Å². The first-order valence-corrected chi connectivity index (χ1v) is 6.74. The lowest BCUT2D eigenvalue weighted by Gasteiger charge is -2.33. The third kappa shape index (κ3) is 4.24. The van der Waals surface area contributed by atoms with E-state index in [0.717, 1.165) is 13.0 Å². The number of rotatable bonds is 6. The van der Waals surface area contributed by atoms with Crippen molar-refractivity contribution in [2.45, 2.75) is 38.8 Å². The Hall–Kier alpha value is -0.380. The van der Waals surface area contributed by atoms with Crippen LogP contribution in [-0.2, 0) is 6.42 Å². The monoisotopic (exact) mass is 240 g/mol. The van der Waals surface area contributed by atoms with E-state index in [0.29, 0.717) is 6.04 Å². The van der Waals surface area contributed by atoms with Gasteiger partial charge in [-0.2, -0.15) is 0 Å². The van der Waals surface area contributed by atoms with Crippen LogP contribution in [0, 0.1) is 0 Å². The van der Waals surface area contributed by atoms with Crippen LogP contribution in [0.3, 0.4) is 0 Å². The van der Waals surface area contributed by atoms with Crippen molar-refractivity contribution in [3.05, 3.63) is 22.4 Å². The van der Waals surface area contributed by atoms with Gasteiger partial charge in [-0.05, 0) is 52.7 Å². The van der Waals surface area contributed by atoms with Crippen molar-refractivity contribution >= 4 is 11.3 Å². The minimum atomic E-state index is 0.179. The SMILES string of the molecule is CNC(C)(C)CN(C)C(C)Cc1cccs1. The molecule has 0 amide bonds. The number of nitrogens with one attached hydrogen (secondary N) is 1. The van der Waals surface area contributed by atoms with Crippen molar-refractivity contribution in [1.82, 2.24) is 10.2 Å². The molecule has 1 atom stereocenters. The maximum Gasteiger partial charge on any atom is 0.0249 e. The molecule has 1 aromatic heterocycles. The second-order valence-electron chi connectivity index (χ2n) is 5.18. The number of nitrogens with zero attached hydrogens (tertiary/aromatic N) is 1. The molecule has 1 heterocycles. The van der Waals surface area contributed by atoms with Crippen LogP contribution in [0.2, 0.25) is 0 Å². The highest BCUT2D eigenvalue weighted by atomic mass is 32.1. The minimum Gasteiger partial charge on any atom is -0.314 e. The molecule has 0 aliphatic rings. The lowest BCUT2D eigenvalue weighted by atomic mass is 10.0. The Kier molecular flexibility index (Phi) is 4.96. The Morgan fingerprint density at radius 2 is 2.19 bits per heavy atom. The summed E-state index contributed by atoms with van der Waals surface area (Å²) >= 11 is 1.85. The van der Waals surface area contributed by atoms with Crippen molar-refractivity contribution in [3.63, 3.8) is 0 Å². The van der Waals surface area contributed by atoms with E-state index >= 15 is 0 Å². The molecule has 0 fully saturated rings. The van der Waals surface area contributed by atoms with Gasteiger partial charge in [0.05, 0.1) is 0 Å². The highest BCUT2D eigenvalue weighted by molar-refractivity contribution is 7.09. The Morgan fingerprint density at radius 1 is 1.50 bits per heavy atom. The second-order valence-corrected chi connectivity index (χ2v) is 6.21. The molecule has 2 nitrogen and oxygen atoms in total. The normalized spacial score (nSPS) is 14.4. The second kappa shape index (κ2) is 5.80. The molecule has 3 heteroatoms. The molecule has 0 spiro atoms. The van der Waals surface area contributed by atoms with E-state index in [4.69, 9.17) is 0 Å². The molecular formula is C13H24N2S. The summed E-state index contributed by atoms with van der Waals surface area (Å²) in [5.74, 6) is 0. The van der Waals surface area contributed by atoms with Gasteiger partial charge in [-0.1, -0.05) is 6.07 Å². The van der Waals surface area contributed by atoms with Gasteiger partial charge in [0.2, 0.25) is 0 Å². The van der Waals surface area contributed by atoms with Gasteiger partial charge in [0.1, 0.15) is 0 Å². The highest BCUT2D eigenvalue weighted by Crippen LogP contribution is 2.15. The number of hydrogen-bond acceptors (Lipinski definition) is 3. The Bertz CT molecular complexity index is 293. The molecule has 1 rings (SSSR count). The van der Waals surface area contributed by atoms with E-state index in [9.17, 15) is 0 Å². The van der Waals surface area contributed by atoms with Gasteiger partial charge in [-0.3, -0.25) is 0 Å². The van der Waals surface area contributed by atoms with Gasteiger partial charge in [0.15, 0.2) is 0 Å². The first-order chi connectivity index (χ1) is 7.44. The van der Waals surface area contributed by atoms with Crippen LogP contribution < -0.4 is 5.32 Å². The first-order valence-electron chi connectivity index (χ1n) is 5.86. The third-order valence-corrected chi connectivity index (χ3v) is 4.05. The van der Waals surface area contributed by atoms with Crippen molar-refractivity contribution in [2.24, 2.45) is 0 Å². The van der Waals surface area contributed by atoms with Crippen molar-refractivity contribution in [2.75, 3.05) is 20.6 Å². The highest BCUT2D eigenvalue weighted by Gasteiger charge is 2.20. The zero-order chi connectivity index (χ0) is 12.2. The molecule has 16 heavy (non-hydrogen) atoms. The van der Waals surface area contributed by atoms with Crippen molar-refractivity contribution in [1.29, 1.82) is 0 Å². The van der Waals surface area contributed by atoms with E-state index in [-0.39, 0.29) is 5.54 Å². The van der Waals surface area contributed by atoms with Crippen LogP contribution in [0.15, 0.2) is 17.5 Å². The van der Waals surface area contributed by atoms with Gasteiger partial charge in [0.25, 0.3) is 0 Å². The zero-order valence-electron chi connectivity index (χ0n) is 11.1. The maximum atomic E-state index is 3.35. The lowest BCUT2D eigenvalue weighted by Crippen LogP contribution is -2.48. The Balaban J connectivity index is 2.45. The molecule has 1 aromatic rings. The average molecular weight is 240 g/mol. The molecule has 92 valence electrons. The smallest absolute Gasteiger partial charge is 0.0249 e. The minimum absolute atomic E-state index is 0.179. The summed E-state index contributed by atoms with van der Waals surface area (Å²) in [5.41, 5.74) is 0.179. The quantitative estimate of drug-likeness (QED) is 0.822. The Labute approximate surface area is 104 Å². The number of thiophene rings is 1. The topological polar surface area (TPSA) is 15.3 Å². The van der Waals surface area contributed by atoms with E-state index in [1.54, 1.807) is 0 Å². The molecule has 0 radical (unpaired) electrons. The number of hydrogen-bond donors (Lipinski definition) is 1. The lowest BCUT2D eigenvalue weighted by molar-refractivity contribution is 0.196. The molecule has 0 aliphatic carbocycles. The predicted octanol–water partition coefficient (Wildman–Crippen LogP) is 2.61. The van der Waals surface area contributed by atoms with Gasteiger partial charge in [-0.15, -0.1) is 11.3 Å². The third-order valence-electron chi connectivity index (χ3n) is 3.15. The summed E-state index contributed by atoms with van der Waals surface area (Å²) in [6.45, 7) is 7.84. The maximum absolute atomic E-state index is 3.35. The summed E-state index contributed by atoms with van der Waals surface area (Å²) in [4.78, 5) is 3.90. The van der Waals surface area contributed by atoms with Crippen LogP contribution in [0.25, 0.3) is 0 Å². The zero-order valence-corrected chi connectivity index (χ0v) is 11.9. The molecule has 1 unspecified atom stereocenters. The Morgan fingerprint density at radius 3 is 2.69 bits per heavy atom. The fraction of sp³-hybridized carbons (Fsp3) is 0.692. The molecule has 1 N–H and O–H groups in total. The van der Waals surface area contributed by atoms with Crippen molar-refractivity contribution < 1.29 is 0 Å². The van der Waals surface area contributed by atoms with Crippen LogP contribution >= 0.6 is 11.3 Å². The van der Waals surface area contributed by atoms with Crippen LogP contribution in [0.1, 0.15) is 25.6 Å². The molecule has 0 aromatic carbocycles. The molecular weight excluding hydrogens is 216 g/mol. The molecule has 0 aliphatic heterocycles. The summed E-state index contributed by atoms with van der Waals surface area (Å²) < 4.78 is 0. The average Bonchev–Trinajstić information content (AvgIpc) is 2.69. The van der Waals surface area contributed by atoms with Gasteiger partial charge < -0.3 is 10.2 Å². The molecule has 0 saturated heterocycles.